The summed E-state index contributed by atoms with van der Waals surface area (Å²) in [5.41, 5.74) is 0. The second-order valence-electron chi connectivity index (χ2n) is 8.99. The smallest absolute Gasteiger partial charge is 0.134 e. The fraction of sp³-hybridized carbons (Fsp3) is 0.818. The predicted molar refractivity (Wildman–Crippen MR) is 110 cm³/mol. The van der Waals surface area contributed by atoms with Crippen molar-refractivity contribution >= 4 is 11.6 Å². The Morgan fingerprint density at radius 2 is 1.14 bits per heavy atom. The number of rotatable bonds is 4. The topological polar surface area (TPSA) is 50.7 Å². The minimum atomic E-state index is 0.508. The molecule has 1 aromatic heterocycles. The number of anilines is 2. The molecule has 5 rings (SSSR count). The van der Waals surface area contributed by atoms with Crippen molar-refractivity contribution in [1.82, 2.24) is 9.97 Å². The molecule has 0 aliphatic carbocycles. The van der Waals surface area contributed by atoms with E-state index in [0.29, 0.717) is 12.2 Å². The van der Waals surface area contributed by atoms with Crippen LogP contribution in [0.2, 0.25) is 0 Å². The number of nitrogens with zero attached hydrogens (tertiary/aromatic N) is 4. The maximum absolute atomic E-state index is 5.92. The molecule has 4 fully saturated rings. The molecule has 0 amide bonds. The Hall–Kier alpha value is -1.40. The largest absolute Gasteiger partial charge is 0.378 e. The maximum Gasteiger partial charge on any atom is 0.134 e. The highest BCUT2D eigenvalue weighted by Gasteiger charge is 2.31. The van der Waals surface area contributed by atoms with Gasteiger partial charge in [0.1, 0.15) is 18.0 Å². The lowest BCUT2D eigenvalue weighted by atomic mass is 9.89. The third-order valence-corrected chi connectivity index (χ3v) is 7.35. The van der Waals surface area contributed by atoms with Crippen LogP contribution in [0, 0.1) is 11.8 Å². The molecule has 4 saturated heterocycles. The van der Waals surface area contributed by atoms with Crippen LogP contribution in [-0.2, 0) is 9.47 Å². The van der Waals surface area contributed by atoms with E-state index in [4.69, 9.17) is 9.47 Å². The molecule has 0 N–H and O–H groups in total. The van der Waals surface area contributed by atoms with Gasteiger partial charge < -0.3 is 19.3 Å². The van der Waals surface area contributed by atoms with E-state index in [2.05, 4.69) is 25.8 Å². The summed E-state index contributed by atoms with van der Waals surface area (Å²) in [6.07, 6.45) is 12.6. The van der Waals surface area contributed by atoms with E-state index in [1.54, 1.807) is 6.33 Å². The summed E-state index contributed by atoms with van der Waals surface area (Å²) < 4.78 is 11.8. The van der Waals surface area contributed by atoms with Crippen LogP contribution in [0.25, 0.3) is 0 Å². The molecule has 154 valence electrons. The van der Waals surface area contributed by atoms with E-state index in [0.717, 1.165) is 62.9 Å². The Morgan fingerprint density at radius 3 is 1.54 bits per heavy atom. The zero-order valence-electron chi connectivity index (χ0n) is 17.0. The Morgan fingerprint density at radius 1 is 0.679 bits per heavy atom. The summed E-state index contributed by atoms with van der Waals surface area (Å²) in [5, 5.41) is 0. The van der Waals surface area contributed by atoms with E-state index >= 15 is 0 Å². The van der Waals surface area contributed by atoms with Crippen molar-refractivity contribution in [1.29, 1.82) is 0 Å². The molecule has 2 unspecified atom stereocenters. The van der Waals surface area contributed by atoms with Crippen LogP contribution in [0.1, 0.15) is 51.4 Å². The van der Waals surface area contributed by atoms with Crippen molar-refractivity contribution in [2.45, 2.75) is 63.6 Å². The van der Waals surface area contributed by atoms with Gasteiger partial charge in [0, 0.05) is 45.5 Å². The van der Waals surface area contributed by atoms with Crippen LogP contribution < -0.4 is 9.80 Å². The van der Waals surface area contributed by atoms with Crippen molar-refractivity contribution in [3.63, 3.8) is 0 Å². The Kier molecular flexibility index (Phi) is 5.68. The summed E-state index contributed by atoms with van der Waals surface area (Å²) in [6, 6.07) is 2.21. The molecule has 1 aromatic rings. The van der Waals surface area contributed by atoms with Gasteiger partial charge in [-0.15, -0.1) is 0 Å². The maximum atomic E-state index is 5.92. The second kappa shape index (κ2) is 8.54. The molecule has 0 spiro atoms. The summed E-state index contributed by atoms with van der Waals surface area (Å²) in [5.74, 6) is 3.66. The molecule has 4 aliphatic rings. The van der Waals surface area contributed by atoms with Gasteiger partial charge in [0.25, 0.3) is 0 Å². The molecule has 4 aliphatic heterocycles. The normalized spacial score (nSPS) is 30.3. The third-order valence-electron chi connectivity index (χ3n) is 7.35. The summed E-state index contributed by atoms with van der Waals surface area (Å²) in [6.45, 7) is 6.27. The van der Waals surface area contributed by atoms with Crippen LogP contribution in [0.15, 0.2) is 12.4 Å². The fourth-order valence-corrected chi connectivity index (χ4v) is 5.63. The van der Waals surface area contributed by atoms with Crippen molar-refractivity contribution in [3.8, 4) is 0 Å². The molecule has 0 aromatic carbocycles. The first-order valence-corrected chi connectivity index (χ1v) is 11.4. The fourth-order valence-electron chi connectivity index (χ4n) is 5.63. The molecule has 0 saturated carbocycles. The number of piperidine rings is 2. The van der Waals surface area contributed by atoms with Gasteiger partial charge in [0.2, 0.25) is 0 Å². The first-order chi connectivity index (χ1) is 13.9. The van der Waals surface area contributed by atoms with Crippen LogP contribution in [0.4, 0.5) is 11.6 Å². The number of aromatic nitrogens is 2. The van der Waals surface area contributed by atoms with E-state index in [1.165, 1.54) is 51.4 Å². The standard InChI is InChI=1S/C22H34N4O2/c1-3-19(27-13-1)17-5-9-25(10-6-17)21-15-22(24-16-23-21)26-11-7-18(8-12-26)20-4-2-14-28-20/h15-20H,1-14H2. The lowest BCUT2D eigenvalue weighted by Gasteiger charge is -2.37. The van der Waals surface area contributed by atoms with Gasteiger partial charge in [-0.1, -0.05) is 0 Å². The van der Waals surface area contributed by atoms with E-state index in [9.17, 15) is 0 Å². The average Bonchev–Trinajstić information content (AvgIpc) is 3.49. The first-order valence-electron chi connectivity index (χ1n) is 11.4. The molecular weight excluding hydrogens is 352 g/mol. The highest BCUT2D eigenvalue weighted by Crippen LogP contribution is 2.33. The van der Waals surface area contributed by atoms with Crippen molar-refractivity contribution in [2.75, 3.05) is 49.2 Å². The van der Waals surface area contributed by atoms with Crippen molar-refractivity contribution in [2.24, 2.45) is 11.8 Å². The van der Waals surface area contributed by atoms with Gasteiger partial charge in [-0.25, -0.2) is 9.97 Å². The van der Waals surface area contributed by atoms with Gasteiger partial charge in [-0.05, 0) is 63.2 Å². The average molecular weight is 387 g/mol. The monoisotopic (exact) mass is 386 g/mol. The quantitative estimate of drug-likeness (QED) is 0.792. The number of hydrogen-bond donors (Lipinski definition) is 0. The third kappa shape index (κ3) is 3.99. The first kappa shape index (κ1) is 18.6. The van der Waals surface area contributed by atoms with Gasteiger partial charge in [-0.2, -0.15) is 0 Å². The van der Waals surface area contributed by atoms with Crippen molar-refractivity contribution in [3.05, 3.63) is 12.4 Å². The molecule has 2 atom stereocenters. The minimum Gasteiger partial charge on any atom is -0.378 e. The predicted octanol–water partition coefficient (Wildman–Crippen LogP) is 3.27. The molecule has 0 radical (unpaired) electrons. The number of hydrogen-bond acceptors (Lipinski definition) is 6. The zero-order valence-corrected chi connectivity index (χ0v) is 17.0. The van der Waals surface area contributed by atoms with Crippen molar-refractivity contribution < 1.29 is 9.47 Å². The lowest BCUT2D eigenvalue weighted by Crippen LogP contribution is -2.39. The van der Waals surface area contributed by atoms with Crippen LogP contribution >= 0.6 is 0 Å². The van der Waals surface area contributed by atoms with E-state index < -0.39 is 0 Å². The van der Waals surface area contributed by atoms with Crippen LogP contribution in [0.3, 0.4) is 0 Å². The van der Waals surface area contributed by atoms with Gasteiger partial charge in [0.15, 0.2) is 0 Å². The highest BCUT2D eigenvalue weighted by atomic mass is 16.5. The van der Waals surface area contributed by atoms with Gasteiger partial charge >= 0.3 is 0 Å². The molecule has 0 bridgehead atoms. The summed E-state index contributed by atoms with van der Waals surface area (Å²) in [7, 11) is 0. The Balaban J connectivity index is 1.16. The van der Waals surface area contributed by atoms with Crippen LogP contribution in [0.5, 0.6) is 0 Å². The Labute approximate surface area is 168 Å². The molecule has 28 heavy (non-hydrogen) atoms. The minimum absolute atomic E-state index is 0.508. The number of ether oxygens (including phenoxy) is 2. The lowest BCUT2D eigenvalue weighted by molar-refractivity contribution is 0.0531. The zero-order chi connectivity index (χ0) is 18.8. The van der Waals surface area contributed by atoms with E-state index in [-0.39, 0.29) is 0 Å². The Bertz CT molecular complexity index is 578. The van der Waals surface area contributed by atoms with Crippen LogP contribution in [-0.4, -0.2) is 61.6 Å². The van der Waals surface area contributed by atoms with Gasteiger partial charge in [-0.3, -0.25) is 0 Å². The van der Waals surface area contributed by atoms with Gasteiger partial charge in [0.05, 0.1) is 12.2 Å². The second-order valence-corrected chi connectivity index (χ2v) is 8.99. The SMILES string of the molecule is c1nc(N2CCC(C3CCCO3)CC2)cc(N2CCC(C3CCCO3)CC2)n1. The molecule has 5 heterocycles. The molecule has 6 heteroatoms. The molecule has 6 nitrogen and oxygen atoms in total. The summed E-state index contributed by atoms with van der Waals surface area (Å²) >= 11 is 0. The highest BCUT2D eigenvalue weighted by molar-refractivity contribution is 5.50. The van der Waals surface area contributed by atoms with E-state index in [1.807, 2.05) is 0 Å². The molecular formula is C22H34N4O2. The summed E-state index contributed by atoms with van der Waals surface area (Å²) in [4.78, 5) is 14.1.